The molecule has 1 amide bonds. The van der Waals surface area contributed by atoms with Crippen molar-refractivity contribution >= 4 is 31.7 Å². The number of halogens is 1. The Balaban J connectivity index is 2.08. The molecule has 1 aromatic carbocycles. The molecule has 2 rings (SSSR count). The predicted molar refractivity (Wildman–Crippen MR) is 85.8 cm³/mol. The van der Waals surface area contributed by atoms with Gasteiger partial charge in [0.25, 0.3) is 0 Å². The van der Waals surface area contributed by atoms with E-state index in [0.29, 0.717) is 0 Å². The molecule has 1 aliphatic rings. The van der Waals surface area contributed by atoms with Gasteiger partial charge in [0.2, 0.25) is 5.91 Å². The van der Waals surface area contributed by atoms with Gasteiger partial charge < -0.3 is 5.32 Å². The Kier molecular flexibility index (Phi) is 5.43. The van der Waals surface area contributed by atoms with E-state index >= 15 is 0 Å². The average molecular weight is 374 g/mol. The van der Waals surface area contributed by atoms with Crippen LogP contribution in [-0.2, 0) is 14.6 Å². The van der Waals surface area contributed by atoms with Crippen LogP contribution < -0.4 is 5.32 Å². The molecule has 0 aromatic heterocycles. The summed E-state index contributed by atoms with van der Waals surface area (Å²) < 4.78 is 25.7. The number of hydrogen-bond acceptors (Lipinski definition) is 3. The monoisotopic (exact) mass is 373 g/mol. The molecule has 1 saturated carbocycles. The molecule has 1 aromatic rings. The van der Waals surface area contributed by atoms with Crippen LogP contribution in [0.1, 0.15) is 39.0 Å². The van der Waals surface area contributed by atoms with Crippen molar-refractivity contribution in [1.82, 2.24) is 5.32 Å². The Morgan fingerprint density at radius 3 is 2.33 bits per heavy atom. The average Bonchev–Trinajstić information content (AvgIpc) is 2.48. The molecule has 4 nitrogen and oxygen atoms in total. The minimum atomic E-state index is -3.64. The van der Waals surface area contributed by atoms with Crippen molar-refractivity contribution in [3.8, 4) is 0 Å². The minimum absolute atomic E-state index is 0.119. The van der Waals surface area contributed by atoms with Crippen molar-refractivity contribution in [2.45, 2.75) is 55.2 Å². The summed E-state index contributed by atoms with van der Waals surface area (Å²) in [6.45, 7) is 1.45. The van der Waals surface area contributed by atoms with Gasteiger partial charge in [0.05, 0.1) is 4.90 Å². The summed E-state index contributed by atoms with van der Waals surface area (Å²) in [5.41, 5.74) is 0. The number of sulfone groups is 1. The summed E-state index contributed by atoms with van der Waals surface area (Å²) in [7, 11) is -3.64. The maximum atomic E-state index is 12.5. The van der Waals surface area contributed by atoms with Crippen molar-refractivity contribution in [3.63, 3.8) is 0 Å². The van der Waals surface area contributed by atoms with Gasteiger partial charge >= 0.3 is 0 Å². The molecule has 0 saturated heterocycles. The Morgan fingerprint density at radius 1 is 1.19 bits per heavy atom. The number of nitrogens with one attached hydrogen (secondary N) is 1. The topological polar surface area (TPSA) is 63.2 Å². The largest absolute Gasteiger partial charge is 0.352 e. The SMILES string of the molecule is CC(C(=O)NC1CCCCC1)S(=O)(=O)c1ccc(Br)cc1. The Bertz CT molecular complexity index is 592. The van der Waals surface area contributed by atoms with Crippen molar-refractivity contribution in [2.75, 3.05) is 0 Å². The van der Waals surface area contributed by atoms with Gasteiger partial charge in [-0.05, 0) is 44.0 Å². The van der Waals surface area contributed by atoms with Crippen molar-refractivity contribution in [1.29, 1.82) is 0 Å². The lowest BCUT2D eigenvalue weighted by atomic mass is 9.95. The second kappa shape index (κ2) is 6.92. The number of carbonyl (C=O) groups is 1. The lowest BCUT2D eigenvalue weighted by molar-refractivity contribution is -0.121. The summed E-state index contributed by atoms with van der Waals surface area (Å²) in [4.78, 5) is 12.4. The first kappa shape index (κ1) is 16.5. The summed E-state index contributed by atoms with van der Waals surface area (Å²) in [6.07, 6.45) is 5.27. The smallest absolute Gasteiger partial charge is 0.238 e. The second-order valence-electron chi connectivity index (χ2n) is 5.48. The maximum Gasteiger partial charge on any atom is 0.238 e. The molecule has 116 valence electrons. The molecule has 1 atom stereocenters. The van der Waals surface area contributed by atoms with E-state index in [0.717, 1.165) is 30.2 Å². The Hall–Kier alpha value is -0.880. The van der Waals surface area contributed by atoms with Crippen LogP contribution in [0.5, 0.6) is 0 Å². The molecule has 0 heterocycles. The van der Waals surface area contributed by atoms with E-state index < -0.39 is 21.0 Å². The number of benzene rings is 1. The standard InChI is InChI=1S/C15H20BrNO3S/c1-11(15(18)17-13-5-3-2-4-6-13)21(19,20)14-9-7-12(16)8-10-14/h7-11,13H,2-6H2,1H3,(H,17,18). The van der Waals surface area contributed by atoms with E-state index in [9.17, 15) is 13.2 Å². The van der Waals surface area contributed by atoms with Gasteiger partial charge in [-0.3, -0.25) is 4.79 Å². The normalized spacial score (nSPS) is 18.2. The summed E-state index contributed by atoms with van der Waals surface area (Å²) in [6, 6.07) is 6.49. The van der Waals surface area contributed by atoms with Crippen LogP contribution >= 0.6 is 15.9 Å². The highest BCUT2D eigenvalue weighted by molar-refractivity contribution is 9.10. The van der Waals surface area contributed by atoms with Crippen LogP contribution in [0.25, 0.3) is 0 Å². The first-order chi connectivity index (χ1) is 9.91. The lowest BCUT2D eigenvalue weighted by Gasteiger charge is -2.24. The fourth-order valence-electron chi connectivity index (χ4n) is 2.53. The highest BCUT2D eigenvalue weighted by Gasteiger charge is 2.31. The summed E-state index contributed by atoms with van der Waals surface area (Å²) in [5.74, 6) is -0.398. The molecule has 21 heavy (non-hydrogen) atoms. The summed E-state index contributed by atoms with van der Waals surface area (Å²) in [5, 5.41) is 1.81. The van der Waals surface area contributed by atoms with Crippen molar-refractivity contribution in [3.05, 3.63) is 28.7 Å². The van der Waals surface area contributed by atoms with Crippen LogP contribution in [0.3, 0.4) is 0 Å². The molecule has 6 heteroatoms. The van der Waals surface area contributed by atoms with E-state index in [2.05, 4.69) is 21.2 Å². The number of rotatable bonds is 4. The third-order valence-electron chi connectivity index (χ3n) is 3.93. The maximum absolute atomic E-state index is 12.5. The van der Waals surface area contributed by atoms with E-state index in [1.165, 1.54) is 25.5 Å². The molecule has 0 radical (unpaired) electrons. The fraction of sp³-hybridized carbons (Fsp3) is 0.533. The van der Waals surface area contributed by atoms with Gasteiger partial charge in [-0.15, -0.1) is 0 Å². The van der Waals surface area contributed by atoms with Crippen LogP contribution in [0, 0.1) is 0 Å². The number of amides is 1. The highest BCUT2D eigenvalue weighted by atomic mass is 79.9. The van der Waals surface area contributed by atoms with Crippen molar-refractivity contribution < 1.29 is 13.2 Å². The minimum Gasteiger partial charge on any atom is -0.352 e. The van der Waals surface area contributed by atoms with Gasteiger partial charge in [-0.25, -0.2) is 8.42 Å². The van der Waals surface area contributed by atoms with Crippen LogP contribution in [0.4, 0.5) is 0 Å². The van der Waals surface area contributed by atoms with E-state index in [1.54, 1.807) is 12.1 Å². The third kappa shape index (κ3) is 4.07. The third-order valence-corrected chi connectivity index (χ3v) is 6.53. The molecule has 1 aliphatic carbocycles. The number of hydrogen-bond donors (Lipinski definition) is 1. The van der Waals surface area contributed by atoms with Crippen molar-refractivity contribution in [2.24, 2.45) is 0 Å². The van der Waals surface area contributed by atoms with Gasteiger partial charge in [0.1, 0.15) is 5.25 Å². The van der Waals surface area contributed by atoms with Gasteiger partial charge in [-0.1, -0.05) is 35.2 Å². The van der Waals surface area contributed by atoms with E-state index in [1.807, 2.05) is 0 Å². The Labute approximate surface area is 134 Å². The molecule has 0 spiro atoms. The quantitative estimate of drug-likeness (QED) is 0.881. The van der Waals surface area contributed by atoms with E-state index in [-0.39, 0.29) is 10.9 Å². The van der Waals surface area contributed by atoms with E-state index in [4.69, 9.17) is 0 Å². The molecule has 1 fully saturated rings. The molecule has 1 N–H and O–H groups in total. The molecular formula is C15H20BrNO3S. The fourth-order valence-corrected chi connectivity index (χ4v) is 4.07. The molecule has 0 aliphatic heterocycles. The zero-order chi connectivity index (χ0) is 15.5. The predicted octanol–water partition coefficient (Wildman–Crippen LogP) is 3.06. The lowest BCUT2D eigenvalue weighted by Crippen LogP contribution is -2.44. The zero-order valence-electron chi connectivity index (χ0n) is 12.0. The second-order valence-corrected chi connectivity index (χ2v) is 8.67. The number of carbonyl (C=O) groups excluding carboxylic acids is 1. The molecular weight excluding hydrogens is 354 g/mol. The molecule has 0 bridgehead atoms. The zero-order valence-corrected chi connectivity index (χ0v) is 14.4. The highest BCUT2D eigenvalue weighted by Crippen LogP contribution is 2.21. The van der Waals surface area contributed by atoms with Crippen LogP contribution in [0.15, 0.2) is 33.6 Å². The first-order valence-electron chi connectivity index (χ1n) is 7.21. The van der Waals surface area contributed by atoms with Gasteiger partial charge in [-0.2, -0.15) is 0 Å². The van der Waals surface area contributed by atoms with Crippen LogP contribution in [0.2, 0.25) is 0 Å². The summed E-state index contributed by atoms with van der Waals surface area (Å²) >= 11 is 3.27. The first-order valence-corrected chi connectivity index (χ1v) is 9.55. The molecule has 1 unspecified atom stereocenters. The Morgan fingerprint density at radius 2 is 1.76 bits per heavy atom. The van der Waals surface area contributed by atoms with Crippen LogP contribution in [-0.4, -0.2) is 25.6 Å². The van der Waals surface area contributed by atoms with Gasteiger partial charge in [0.15, 0.2) is 9.84 Å². The van der Waals surface area contributed by atoms with Gasteiger partial charge in [0, 0.05) is 10.5 Å².